The summed E-state index contributed by atoms with van der Waals surface area (Å²) in [5, 5.41) is 12.5. The molecule has 0 heterocycles. The average Bonchev–Trinajstić information content (AvgIpc) is 2.38. The molecule has 1 amide bonds. The zero-order valence-electron chi connectivity index (χ0n) is 11.5. The van der Waals surface area contributed by atoms with Gasteiger partial charge in [0, 0.05) is 10.9 Å². The highest BCUT2D eigenvalue weighted by molar-refractivity contribution is 6.31. The molecule has 1 aromatic rings. The highest BCUT2D eigenvalue weighted by Crippen LogP contribution is 2.25. The Morgan fingerprint density at radius 3 is 2.50 bits per heavy atom. The topological polar surface area (TPSA) is 52.9 Å². The molecular weight excluding hydrogens is 272 g/mol. The first-order valence-electron chi connectivity index (χ1n) is 7.21. The number of hydrogen-bond donors (Lipinski definition) is 1. The van der Waals surface area contributed by atoms with Gasteiger partial charge < -0.3 is 5.32 Å². The first kappa shape index (κ1) is 14.9. The molecule has 1 aliphatic carbocycles. The number of nitrogens with zero attached hydrogens (tertiary/aromatic N) is 1. The Balaban J connectivity index is 2.06. The SMILES string of the molecule is N#Cc1ccc(Cl)cc1NC(=O)C1CCCCCCC1. The molecule has 0 spiro atoms. The van der Waals surface area contributed by atoms with Crippen LogP contribution in [-0.2, 0) is 4.79 Å². The number of rotatable bonds is 2. The van der Waals surface area contributed by atoms with Crippen LogP contribution in [0.15, 0.2) is 18.2 Å². The molecule has 0 atom stereocenters. The quantitative estimate of drug-likeness (QED) is 0.871. The summed E-state index contributed by atoms with van der Waals surface area (Å²) >= 11 is 5.93. The van der Waals surface area contributed by atoms with Crippen molar-refractivity contribution in [2.45, 2.75) is 44.9 Å². The molecule has 20 heavy (non-hydrogen) atoms. The van der Waals surface area contributed by atoms with Crippen LogP contribution in [0.4, 0.5) is 5.69 Å². The molecule has 106 valence electrons. The number of carbonyl (C=O) groups excluding carboxylic acids is 1. The van der Waals surface area contributed by atoms with Gasteiger partial charge in [-0.2, -0.15) is 5.26 Å². The van der Waals surface area contributed by atoms with Gasteiger partial charge in [0.1, 0.15) is 6.07 Å². The molecule has 1 aromatic carbocycles. The van der Waals surface area contributed by atoms with Crippen LogP contribution in [0.1, 0.15) is 50.5 Å². The van der Waals surface area contributed by atoms with Crippen LogP contribution in [0.3, 0.4) is 0 Å². The fraction of sp³-hybridized carbons (Fsp3) is 0.500. The van der Waals surface area contributed by atoms with Gasteiger partial charge in [-0.1, -0.05) is 43.7 Å². The van der Waals surface area contributed by atoms with Crippen molar-refractivity contribution in [3.63, 3.8) is 0 Å². The van der Waals surface area contributed by atoms with E-state index in [2.05, 4.69) is 11.4 Å². The molecule has 0 unspecified atom stereocenters. The number of benzene rings is 1. The van der Waals surface area contributed by atoms with Crippen LogP contribution >= 0.6 is 11.6 Å². The van der Waals surface area contributed by atoms with Gasteiger partial charge in [0.15, 0.2) is 0 Å². The smallest absolute Gasteiger partial charge is 0.227 e. The van der Waals surface area contributed by atoms with Crippen LogP contribution in [0.25, 0.3) is 0 Å². The Labute approximate surface area is 124 Å². The van der Waals surface area contributed by atoms with Gasteiger partial charge in [-0.3, -0.25) is 4.79 Å². The number of hydrogen-bond acceptors (Lipinski definition) is 2. The molecule has 0 aliphatic heterocycles. The molecular formula is C16H19ClN2O. The van der Waals surface area contributed by atoms with Crippen molar-refractivity contribution < 1.29 is 4.79 Å². The van der Waals surface area contributed by atoms with Gasteiger partial charge in [0.25, 0.3) is 0 Å². The van der Waals surface area contributed by atoms with E-state index in [1.807, 2.05) is 0 Å². The molecule has 1 aliphatic rings. The van der Waals surface area contributed by atoms with E-state index in [1.165, 1.54) is 19.3 Å². The van der Waals surface area contributed by atoms with E-state index in [1.54, 1.807) is 18.2 Å². The number of amides is 1. The van der Waals surface area contributed by atoms with Crippen molar-refractivity contribution >= 4 is 23.2 Å². The van der Waals surface area contributed by atoms with Crippen molar-refractivity contribution in [1.82, 2.24) is 0 Å². The van der Waals surface area contributed by atoms with Crippen LogP contribution in [0, 0.1) is 17.2 Å². The van der Waals surface area contributed by atoms with Crippen molar-refractivity contribution in [3.05, 3.63) is 28.8 Å². The zero-order valence-corrected chi connectivity index (χ0v) is 12.2. The molecule has 1 fully saturated rings. The molecule has 0 bridgehead atoms. The maximum atomic E-state index is 12.3. The highest BCUT2D eigenvalue weighted by Gasteiger charge is 2.20. The zero-order chi connectivity index (χ0) is 14.4. The fourth-order valence-electron chi connectivity index (χ4n) is 2.67. The van der Waals surface area contributed by atoms with Crippen LogP contribution in [0.5, 0.6) is 0 Å². The summed E-state index contributed by atoms with van der Waals surface area (Å²) in [5.41, 5.74) is 0.973. The lowest BCUT2D eigenvalue weighted by atomic mass is 9.90. The van der Waals surface area contributed by atoms with Crippen LogP contribution in [0.2, 0.25) is 5.02 Å². The lowest BCUT2D eigenvalue weighted by Gasteiger charge is -2.19. The lowest BCUT2D eigenvalue weighted by molar-refractivity contribution is -0.120. The van der Waals surface area contributed by atoms with Gasteiger partial charge in [0.05, 0.1) is 11.3 Å². The minimum absolute atomic E-state index is 0.0191. The van der Waals surface area contributed by atoms with Gasteiger partial charge in [-0.25, -0.2) is 0 Å². The number of nitrogens with one attached hydrogen (secondary N) is 1. The first-order chi connectivity index (χ1) is 9.70. The van der Waals surface area contributed by atoms with Gasteiger partial charge in [-0.05, 0) is 31.0 Å². The molecule has 3 nitrogen and oxygen atoms in total. The van der Waals surface area contributed by atoms with E-state index in [9.17, 15) is 4.79 Å². The molecule has 0 aromatic heterocycles. The standard InChI is InChI=1S/C16H19ClN2O/c17-14-9-8-13(11-18)15(10-14)19-16(20)12-6-4-2-1-3-5-7-12/h8-10,12H,1-7H2,(H,19,20). The molecule has 0 radical (unpaired) electrons. The van der Waals surface area contributed by atoms with E-state index in [0.29, 0.717) is 16.3 Å². The summed E-state index contributed by atoms with van der Waals surface area (Å²) in [5.74, 6) is 0.0755. The van der Waals surface area contributed by atoms with Gasteiger partial charge in [0.2, 0.25) is 5.91 Å². The predicted molar refractivity (Wildman–Crippen MR) is 80.6 cm³/mol. The Bertz CT molecular complexity index is 514. The summed E-state index contributed by atoms with van der Waals surface area (Å²) in [6.45, 7) is 0. The van der Waals surface area contributed by atoms with E-state index in [-0.39, 0.29) is 11.8 Å². The first-order valence-corrected chi connectivity index (χ1v) is 7.59. The molecule has 1 saturated carbocycles. The normalized spacial score (nSPS) is 16.8. The Hall–Kier alpha value is -1.53. The molecule has 0 saturated heterocycles. The van der Waals surface area contributed by atoms with Crippen molar-refractivity contribution in [2.24, 2.45) is 5.92 Å². The maximum Gasteiger partial charge on any atom is 0.227 e. The molecule has 1 N–H and O–H groups in total. The summed E-state index contributed by atoms with van der Waals surface area (Å²) in [6.07, 6.45) is 7.80. The maximum absolute atomic E-state index is 12.3. The van der Waals surface area contributed by atoms with Crippen LogP contribution < -0.4 is 5.32 Å². The van der Waals surface area contributed by atoms with Crippen LogP contribution in [-0.4, -0.2) is 5.91 Å². The Morgan fingerprint density at radius 1 is 1.20 bits per heavy atom. The Morgan fingerprint density at radius 2 is 1.85 bits per heavy atom. The van der Waals surface area contributed by atoms with Gasteiger partial charge in [-0.15, -0.1) is 0 Å². The van der Waals surface area contributed by atoms with Gasteiger partial charge >= 0.3 is 0 Å². The average molecular weight is 291 g/mol. The van der Waals surface area contributed by atoms with E-state index < -0.39 is 0 Å². The number of anilines is 1. The summed E-state index contributed by atoms with van der Waals surface area (Å²) in [7, 11) is 0. The third-order valence-electron chi connectivity index (χ3n) is 3.84. The fourth-order valence-corrected chi connectivity index (χ4v) is 2.84. The number of carbonyl (C=O) groups is 1. The largest absolute Gasteiger partial charge is 0.325 e. The third-order valence-corrected chi connectivity index (χ3v) is 4.07. The second-order valence-electron chi connectivity index (χ2n) is 5.33. The lowest BCUT2D eigenvalue weighted by Crippen LogP contribution is -2.24. The summed E-state index contributed by atoms with van der Waals surface area (Å²) in [4.78, 5) is 12.3. The molecule has 4 heteroatoms. The predicted octanol–water partition coefficient (Wildman–Crippen LogP) is 4.51. The van der Waals surface area contributed by atoms with E-state index >= 15 is 0 Å². The molecule has 2 rings (SSSR count). The second kappa shape index (κ2) is 7.31. The minimum Gasteiger partial charge on any atom is -0.325 e. The second-order valence-corrected chi connectivity index (χ2v) is 5.77. The summed E-state index contributed by atoms with van der Waals surface area (Å²) in [6, 6.07) is 7.01. The minimum atomic E-state index is 0.0191. The van der Waals surface area contributed by atoms with E-state index in [4.69, 9.17) is 16.9 Å². The van der Waals surface area contributed by atoms with Crippen molar-refractivity contribution in [2.75, 3.05) is 5.32 Å². The van der Waals surface area contributed by atoms with E-state index in [0.717, 1.165) is 25.7 Å². The van der Waals surface area contributed by atoms with Crippen molar-refractivity contribution in [3.8, 4) is 6.07 Å². The third kappa shape index (κ3) is 3.98. The number of halogens is 1. The van der Waals surface area contributed by atoms with Crippen molar-refractivity contribution in [1.29, 1.82) is 5.26 Å². The Kier molecular flexibility index (Phi) is 5.43. The summed E-state index contributed by atoms with van der Waals surface area (Å²) < 4.78 is 0. The number of nitriles is 1. The monoisotopic (exact) mass is 290 g/mol. The highest BCUT2D eigenvalue weighted by atomic mass is 35.5.